The number of nitrogens with two attached hydrogens (primary N) is 1. The molecule has 2 rings (SSSR count). The van der Waals surface area contributed by atoms with Gasteiger partial charge in [-0.15, -0.1) is 11.8 Å². The van der Waals surface area contributed by atoms with E-state index in [0.29, 0.717) is 0 Å². The highest BCUT2D eigenvalue weighted by Gasteiger charge is 1.95. The summed E-state index contributed by atoms with van der Waals surface area (Å²) in [6.07, 6.45) is 1.11. The molecule has 1 nitrogen and oxygen atoms in total. The van der Waals surface area contributed by atoms with Gasteiger partial charge in [0.2, 0.25) is 0 Å². The Hall–Kier alpha value is -1.41. The second-order valence-corrected chi connectivity index (χ2v) is 4.82. The van der Waals surface area contributed by atoms with Crippen molar-refractivity contribution in [1.82, 2.24) is 0 Å². The van der Waals surface area contributed by atoms with Gasteiger partial charge in [0, 0.05) is 16.3 Å². The Bertz CT molecular complexity index is 422. The van der Waals surface area contributed by atoms with Gasteiger partial charge in [-0.3, -0.25) is 0 Å². The molecule has 0 radical (unpaired) electrons. The second-order valence-electron chi connectivity index (χ2n) is 3.65. The van der Waals surface area contributed by atoms with E-state index >= 15 is 0 Å². The highest BCUT2D eigenvalue weighted by Crippen LogP contribution is 2.20. The SMILES string of the molecule is Nc1ccc(SCCc2ccccc2)cc1. The number of nitrogen functional groups attached to an aromatic ring is 1. The van der Waals surface area contributed by atoms with E-state index in [0.717, 1.165) is 17.9 Å². The van der Waals surface area contributed by atoms with Crippen LogP contribution in [0.3, 0.4) is 0 Å². The summed E-state index contributed by atoms with van der Waals surface area (Å²) in [5, 5.41) is 0. The van der Waals surface area contributed by atoms with Gasteiger partial charge >= 0.3 is 0 Å². The lowest BCUT2D eigenvalue weighted by Crippen LogP contribution is -1.88. The molecule has 0 fully saturated rings. The van der Waals surface area contributed by atoms with Gasteiger partial charge < -0.3 is 5.73 Å². The van der Waals surface area contributed by atoms with Crippen LogP contribution in [-0.2, 0) is 6.42 Å². The predicted molar refractivity (Wildman–Crippen MR) is 71.7 cm³/mol. The van der Waals surface area contributed by atoms with Crippen molar-refractivity contribution in [1.29, 1.82) is 0 Å². The Morgan fingerprint density at radius 3 is 2.25 bits per heavy atom. The van der Waals surface area contributed by atoms with Gasteiger partial charge in [-0.2, -0.15) is 0 Å². The van der Waals surface area contributed by atoms with Crippen LogP contribution < -0.4 is 5.73 Å². The van der Waals surface area contributed by atoms with Gasteiger partial charge in [-0.05, 0) is 36.2 Å². The molecule has 0 aliphatic rings. The molecule has 2 heteroatoms. The monoisotopic (exact) mass is 229 g/mol. The Morgan fingerprint density at radius 2 is 1.56 bits per heavy atom. The van der Waals surface area contributed by atoms with Gasteiger partial charge in [0.1, 0.15) is 0 Å². The molecule has 0 saturated carbocycles. The summed E-state index contributed by atoms with van der Waals surface area (Å²) in [4.78, 5) is 1.28. The van der Waals surface area contributed by atoms with Crippen molar-refractivity contribution in [3.8, 4) is 0 Å². The third-order valence-corrected chi connectivity index (χ3v) is 3.40. The number of thioether (sulfide) groups is 1. The topological polar surface area (TPSA) is 26.0 Å². The van der Waals surface area contributed by atoms with Crippen molar-refractivity contribution in [2.75, 3.05) is 11.5 Å². The molecule has 0 aliphatic heterocycles. The maximum absolute atomic E-state index is 5.64. The first kappa shape index (κ1) is 11.1. The molecular weight excluding hydrogens is 214 g/mol. The molecule has 2 aromatic rings. The van der Waals surface area contributed by atoms with Gasteiger partial charge in [-0.1, -0.05) is 30.3 Å². The van der Waals surface area contributed by atoms with Crippen LogP contribution >= 0.6 is 11.8 Å². The van der Waals surface area contributed by atoms with Crippen molar-refractivity contribution < 1.29 is 0 Å². The zero-order chi connectivity index (χ0) is 11.2. The number of hydrogen-bond acceptors (Lipinski definition) is 2. The molecule has 0 heterocycles. The molecule has 0 bridgehead atoms. The van der Waals surface area contributed by atoms with Gasteiger partial charge in [0.15, 0.2) is 0 Å². The fourth-order valence-electron chi connectivity index (χ4n) is 1.50. The van der Waals surface area contributed by atoms with Crippen molar-refractivity contribution in [3.63, 3.8) is 0 Å². The van der Waals surface area contributed by atoms with Gasteiger partial charge in [-0.25, -0.2) is 0 Å². The smallest absolute Gasteiger partial charge is 0.0314 e. The maximum atomic E-state index is 5.64. The first-order chi connectivity index (χ1) is 7.84. The Balaban J connectivity index is 1.82. The molecule has 2 aromatic carbocycles. The lowest BCUT2D eigenvalue weighted by molar-refractivity contribution is 1.15. The first-order valence-electron chi connectivity index (χ1n) is 5.37. The average molecular weight is 229 g/mol. The summed E-state index contributed by atoms with van der Waals surface area (Å²) in [5.74, 6) is 1.11. The van der Waals surface area contributed by atoms with Crippen molar-refractivity contribution in [2.45, 2.75) is 11.3 Å². The average Bonchev–Trinajstić information content (AvgIpc) is 2.33. The molecule has 0 amide bonds. The first-order valence-corrected chi connectivity index (χ1v) is 6.35. The Kier molecular flexibility index (Phi) is 3.89. The normalized spacial score (nSPS) is 10.2. The Labute approximate surface area is 101 Å². The molecule has 0 saturated heterocycles. The number of hydrogen-bond donors (Lipinski definition) is 1. The summed E-state index contributed by atoms with van der Waals surface area (Å²) in [5.41, 5.74) is 7.86. The fourth-order valence-corrected chi connectivity index (χ4v) is 2.40. The molecule has 2 N–H and O–H groups in total. The van der Waals surface area contributed by atoms with Crippen LogP contribution in [-0.4, -0.2) is 5.75 Å². The molecule has 0 aromatic heterocycles. The lowest BCUT2D eigenvalue weighted by atomic mass is 10.2. The minimum atomic E-state index is 0.826. The standard InChI is InChI=1S/C14H15NS/c15-13-6-8-14(9-7-13)16-11-10-12-4-2-1-3-5-12/h1-9H,10-11,15H2. The minimum Gasteiger partial charge on any atom is -0.399 e. The van der Waals surface area contributed by atoms with Crippen LogP contribution in [0.5, 0.6) is 0 Å². The Morgan fingerprint density at radius 1 is 0.875 bits per heavy atom. The van der Waals surface area contributed by atoms with E-state index in [1.54, 1.807) is 0 Å². The highest BCUT2D eigenvalue weighted by molar-refractivity contribution is 7.99. The van der Waals surface area contributed by atoms with Gasteiger partial charge in [0.25, 0.3) is 0 Å². The number of aryl methyl sites for hydroxylation is 1. The molecule has 0 unspecified atom stereocenters. The predicted octanol–water partition coefficient (Wildman–Crippen LogP) is 3.60. The fraction of sp³-hybridized carbons (Fsp3) is 0.143. The van der Waals surface area contributed by atoms with E-state index in [-0.39, 0.29) is 0 Å². The van der Waals surface area contributed by atoms with Crippen molar-refractivity contribution in [3.05, 3.63) is 60.2 Å². The largest absolute Gasteiger partial charge is 0.399 e. The summed E-state index contributed by atoms with van der Waals surface area (Å²) < 4.78 is 0. The number of rotatable bonds is 4. The molecule has 0 spiro atoms. The van der Waals surface area contributed by atoms with E-state index < -0.39 is 0 Å². The highest BCUT2D eigenvalue weighted by atomic mass is 32.2. The quantitative estimate of drug-likeness (QED) is 0.640. The van der Waals surface area contributed by atoms with Crippen LogP contribution in [0.4, 0.5) is 5.69 Å². The van der Waals surface area contributed by atoms with Crippen LogP contribution in [0.2, 0.25) is 0 Å². The molecule has 0 atom stereocenters. The molecule has 82 valence electrons. The van der Waals surface area contributed by atoms with Crippen molar-refractivity contribution >= 4 is 17.4 Å². The zero-order valence-corrected chi connectivity index (χ0v) is 9.91. The maximum Gasteiger partial charge on any atom is 0.0314 e. The minimum absolute atomic E-state index is 0.826. The van der Waals surface area contributed by atoms with E-state index in [4.69, 9.17) is 5.73 Å². The number of anilines is 1. The third kappa shape index (κ3) is 3.31. The second kappa shape index (κ2) is 5.61. The van der Waals surface area contributed by atoms with Crippen LogP contribution in [0.25, 0.3) is 0 Å². The van der Waals surface area contributed by atoms with Crippen LogP contribution in [0.15, 0.2) is 59.5 Å². The molecular formula is C14H15NS. The van der Waals surface area contributed by atoms with E-state index in [2.05, 4.69) is 42.5 Å². The summed E-state index contributed by atoms with van der Waals surface area (Å²) >= 11 is 1.87. The van der Waals surface area contributed by atoms with Crippen LogP contribution in [0, 0.1) is 0 Å². The lowest BCUT2D eigenvalue weighted by Gasteiger charge is -2.02. The zero-order valence-electron chi connectivity index (χ0n) is 9.10. The third-order valence-electron chi connectivity index (χ3n) is 2.38. The van der Waals surface area contributed by atoms with E-state index in [1.807, 2.05) is 23.9 Å². The summed E-state index contributed by atoms with van der Waals surface area (Å²) in [7, 11) is 0. The van der Waals surface area contributed by atoms with E-state index in [9.17, 15) is 0 Å². The summed E-state index contributed by atoms with van der Waals surface area (Å²) in [6.45, 7) is 0. The summed E-state index contributed by atoms with van der Waals surface area (Å²) in [6, 6.07) is 18.6. The molecule has 16 heavy (non-hydrogen) atoms. The van der Waals surface area contributed by atoms with Crippen molar-refractivity contribution in [2.24, 2.45) is 0 Å². The van der Waals surface area contributed by atoms with E-state index in [1.165, 1.54) is 10.5 Å². The van der Waals surface area contributed by atoms with Crippen LogP contribution in [0.1, 0.15) is 5.56 Å². The molecule has 0 aliphatic carbocycles. The number of benzene rings is 2. The van der Waals surface area contributed by atoms with Gasteiger partial charge in [0.05, 0.1) is 0 Å².